The van der Waals surface area contributed by atoms with Crippen LogP contribution in [0.15, 0.2) is 0 Å². The van der Waals surface area contributed by atoms with Gasteiger partial charge in [0.05, 0.1) is 12.2 Å². The molecule has 0 aromatic heterocycles. The van der Waals surface area contributed by atoms with Crippen molar-refractivity contribution in [1.82, 2.24) is 0 Å². The van der Waals surface area contributed by atoms with E-state index in [1.54, 1.807) is 0 Å². The van der Waals surface area contributed by atoms with Crippen LogP contribution >= 0.6 is 8.60 Å². The Kier molecular flexibility index (Phi) is 14.5. The van der Waals surface area contributed by atoms with Gasteiger partial charge in [-0.3, -0.25) is 0 Å². The quantitative estimate of drug-likeness (QED) is 0.318. The van der Waals surface area contributed by atoms with Crippen molar-refractivity contribution < 1.29 is 13.9 Å². The van der Waals surface area contributed by atoms with Crippen molar-refractivity contribution in [2.45, 2.75) is 104 Å². The lowest BCUT2D eigenvalue weighted by Gasteiger charge is -2.20. The fourth-order valence-electron chi connectivity index (χ4n) is 2.16. The lowest BCUT2D eigenvalue weighted by atomic mass is 10.1. The van der Waals surface area contributed by atoms with Gasteiger partial charge in [-0.1, -0.05) is 65.2 Å². The van der Waals surface area contributed by atoms with Gasteiger partial charge < -0.3 is 13.9 Å². The summed E-state index contributed by atoms with van der Waals surface area (Å²) < 4.78 is 11.1. The number of hydrogen-bond donors (Lipinski definition) is 1. The summed E-state index contributed by atoms with van der Waals surface area (Å²) in [5.41, 5.74) is 0. The lowest BCUT2D eigenvalue weighted by Crippen LogP contribution is -2.10. The van der Waals surface area contributed by atoms with Crippen LogP contribution in [0.1, 0.15) is 91.9 Å². The molecule has 1 N–H and O–H groups in total. The summed E-state index contributed by atoms with van der Waals surface area (Å²) in [5.74, 6) is 0. The fraction of sp³-hybridized carbons (Fsp3) is 1.00. The van der Waals surface area contributed by atoms with Crippen LogP contribution in [-0.4, -0.2) is 17.1 Å². The van der Waals surface area contributed by atoms with Gasteiger partial charge in [0.2, 0.25) is 0 Å². The largest absolute Gasteiger partial charge is 0.330 e. The maximum Gasteiger partial charge on any atom is 0.330 e. The van der Waals surface area contributed by atoms with Gasteiger partial charge >= 0.3 is 8.60 Å². The van der Waals surface area contributed by atoms with E-state index in [-0.39, 0.29) is 12.2 Å². The Bertz CT molecular complexity index is 182. The predicted octanol–water partition coefficient (Wildman–Crippen LogP) is 5.96. The summed E-state index contributed by atoms with van der Waals surface area (Å²) >= 11 is 0. The Labute approximate surface area is 127 Å². The van der Waals surface area contributed by atoms with Crippen LogP contribution in [-0.2, 0) is 9.05 Å². The molecule has 2 atom stereocenters. The van der Waals surface area contributed by atoms with Crippen molar-refractivity contribution in [1.29, 1.82) is 0 Å². The van der Waals surface area contributed by atoms with E-state index in [2.05, 4.69) is 13.8 Å². The Hall–Kier alpha value is 0.310. The number of hydrogen-bond acceptors (Lipinski definition) is 3. The molecule has 4 heteroatoms. The van der Waals surface area contributed by atoms with Crippen LogP contribution in [0.4, 0.5) is 0 Å². The highest BCUT2D eigenvalue weighted by Crippen LogP contribution is 2.37. The van der Waals surface area contributed by atoms with Gasteiger partial charge in [-0.25, -0.2) is 0 Å². The second-order valence-corrected chi connectivity index (χ2v) is 6.67. The van der Waals surface area contributed by atoms with Gasteiger partial charge in [-0.15, -0.1) is 0 Å². The summed E-state index contributed by atoms with van der Waals surface area (Å²) in [7, 11) is -1.71. The molecular formula is C16H35O3P. The molecule has 0 amide bonds. The highest BCUT2D eigenvalue weighted by atomic mass is 31.2. The van der Waals surface area contributed by atoms with Crippen LogP contribution in [0.25, 0.3) is 0 Å². The molecule has 2 unspecified atom stereocenters. The van der Waals surface area contributed by atoms with Gasteiger partial charge in [-0.05, 0) is 26.7 Å². The minimum atomic E-state index is -1.71. The Morgan fingerprint density at radius 2 is 1.15 bits per heavy atom. The first-order valence-corrected chi connectivity index (χ1v) is 9.55. The van der Waals surface area contributed by atoms with Crippen molar-refractivity contribution in [3.63, 3.8) is 0 Å². The summed E-state index contributed by atoms with van der Waals surface area (Å²) in [6.45, 7) is 8.46. The van der Waals surface area contributed by atoms with Gasteiger partial charge in [0.1, 0.15) is 0 Å². The molecule has 0 aromatic rings. The standard InChI is InChI=1S/C16H35O3P/c1-5-7-9-11-13-15(3)18-20(17)19-16(4)14-12-10-8-6-2/h15-17H,5-14H2,1-4H3. The molecule has 0 aromatic carbocycles. The third-order valence-corrected chi connectivity index (χ3v) is 4.55. The fourth-order valence-corrected chi connectivity index (χ4v) is 3.03. The van der Waals surface area contributed by atoms with Crippen molar-refractivity contribution in [2.75, 3.05) is 0 Å². The molecule has 0 aliphatic rings. The van der Waals surface area contributed by atoms with E-state index in [4.69, 9.17) is 9.05 Å². The highest BCUT2D eigenvalue weighted by molar-refractivity contribution is 7.40. The third kappa shape index (κ3) is 13.3. The first-order chi connectivity index (χ1) is 9.60. The van der Waals surface area contributed by atoms with Gasteiger partial charge in [0.25, 0.3) is 0 Å². The topological polar surface area (TPSA) is 38.7 Å². The lowest BCUT2D eigenvalue weighted by molar-refractivity contribution is 0.114. The molecule has 0 rings (SSSR count). The number of unbranched alkanes of at least 4 members (excludes halogenated alkanes) is 6. The van der Waals surface area contributed by atoms with Crippen molar-refractivity contribution in [3.05, 3.63) is 0 Å². The van der Waals surface area contributed by atoms with E-state index >= 15 is 0 Å². The predicted molar refractivity (Wildman–Crippen MR) is 87.8 cm³/mol. The van der Waals surface area contributed by atoms with E-state index < -0.39 is 8.60 Å². The van der Waals surface area contributed by atoms with Gasteiger partial charge in [0.15, 0.2) is 0 Å². The molecule has 0 bridgehead atoms. The molecular weight excluding hydrogens is 271 g/mol. The molecule has 3 nitrogen and oxygen atoms in total. The van der Waals surface area contributed by atoms with Crippen molar-refractivity contribution in [2.24, 2.45) is 0 Å². The Balaban J connectivity index is 3.56. The third-order valence-electron chi connectivity index (χ3n) is 3.47. The Morgan fingerprint density at radius 1 is 0.750 bits per heavy atom. The Morgan fingerprint density at radius 3 is 1.50 bits per heavy atom. The van der Waals surface area contributed by atoms with E-state index in [0.717, 1.165) is 12.8 Å². The monoisotopic (exact) mass is 306 g/mol. The summed E-state index contributed by atoms with van der Waals surface area (Å²) in [6.07, 6.45) is 12.1. The minimum Gasteiger partial charge on any atom is -0.328 e. The molecule has 20 heavy (non-hydrogen) atoms. The summed E-state index contributed by atoms with van der Waals surface area (Å²) in [6, 6.07) is 0. The minimum absolute atomic E-state index is 0.0928. The molecule has 0 aliphatic heterocycles. The second-order valence-electron chi connectivity index (χ2n) is 5.77. The van der Waals surface area contributed by atoms with Crippen LogP contribution in [0.2, 0.25) is 0 Å². The van der Waals surface area contributed by atoms with E-state index in [9.17, 15) is 4.89 Å². The summed E-state index contributed by atoms with van der Waals surface area (Å²) in [4.78, 5) is 9.82. The zero-order valence-corrected chi connectivity index (χ0v) is 14.8. The molecule has 0 heterocycles. The molecule has 0 radical (unpaired) electrons. The normalized spacial score (nSPS) is 16.1. The molecule has 0 fully saturated rings. The average Bonchev–Trinajstić information content (AvgIpc) is 2.39. The zero-order chi connectivity index (χ0) is 15.2. The summed E-state index contributed by atoms with van der Waals surface area (Å²) in [5, 5.41) is 0. The van der Waals surface area contributed by atoms with Crippen molar-refractivity contribution >= 4 is 8.60 Å². The van der Waals surface area contributed by atoms with Crippen LogP contribution in [0, 0.1) is 0 Å². The molecule has 122 valence electrons. The maximum absolute atomic E-state index is 9.82. The number of rotatable bonds is 14. The second kappa shape index (κ2) is 14.3. The first-order valence-electron chi connectivity index (χ1n) is 8.42. The average molecular weight is 306 g/mol. The molecule has 0 spiro atoms. The van der Waals surface area contributed by atoms with Crippen molar-refractivity contribution in [3.8, 4) is 0 Å². The first kappa shape index (κ1) is 20.3. The van der Waals surface area contributed by atoms with E-state index in [0.29, 0.717) is 0 Å². The van der Waals surface area contributed by atoms with Crippen LogP contribution < -0.4 is 0 Å². The molecule has 0 saturated carbocycles. The maximum atomic E-state index is 9.82. The van der Waals surface area contributed by atoms with Gasteiger partial charge in [0, 0.05) is 0 Å². The highest BCUT2D eigenvalue weighted by Gasteiger charge is 2.15. The molecule has 0 saturated heterocycles. The zero-order valence-electron chi connectivity index (χ0n) is 13.9. The van der Waals surface area contributed by atoms with Crippen LogP contribution in [0.3, 0.4) is 0 Å². The van der Waals surface area contributed by atoms with E-state index in [1.807, 2.05) is 13.8 Å². The van der Waals surface area contributed by atoms with Gasteiger partial charge in [-0.2, -0.15) is 0 Å². The SMILES string of the molecule is CCCCCCC(C)OP(O)OC(C)CCCCCC. The van der Waals surface area contributed by atoms with Crippen LogP contribution in [0.5, 0.6) is 0 Å². The smallest absolute Gasteiger partial charge is 0.328 e. The van der Waals surface area contributed by atoms with E-state index in [1.165, 1.54) is 51.4 Å². The molecule has 0 aliphatic carbocycles.